The highest BCUT2D eigenvalue weighted by Crippen LogP contribution is 2.23. The van der Waals surface area contributed by atoms with Crippen molar-refractivity contribution in [1.82, 2.24) is 5.32 Å². The van der Waals surface area contributed by atoms with E-state index in [1.54, 1.807) is 30.3 Å². The number of carbonyl (C=O) groups is 3. The quantitative estimate of drug-likeness (QED) is 0.737. The van der Waals surface area contributed by atoms with Crippen molar-refractivity contribution >= 4 is 23.5 Å². The van der Waals surface area contributed by atoms with Crippen LogP contribution in [0.1, 0.15) is 17.5 Å². The minimum atomic E-state index is -1.04. The SMILES string of the molecule is COc1ccccc1NC(=O)[C@H](C)OC(=O)CNC(=O)c1ccco1. The molecule has 0 aliphatic heterocycles. The molecule has 0 saturated carbocycles. The summed E-state index contributed by atoms with van der Waals surface area (Å²) in [6, 6.07) is 9.87. The van der Waals surface area contributed by atoms with Crippen molar-refractivity contribution in [2.45, 2.75) is 13.0 Å². The summed E-state index contributed by atoms with van der Waals surface area (Å²) in [6.45, 7) is 1.04. The Labute approximate surface area is 144 Å². The first-order valence-corrected chi connectivity index (χ1v) is 7.46. The van der Waals surface area contributed by atoms with Crippen LogP contribution in [0.3, 0.4) is 0 Å². The molecule has 0 aliphatic carbocycles. The monoisotopic (exact) mass is 346 g/mol. The normalized spacial score (nSPS) is 11.3. The summed E-state index contributed by atoms with van der Waals surface area (Å²) in [5, 5.41) is 4.95. The van der Waals surface area contributed by atoms with Crippen molar-refractivity contribution in [3.8, 4) is 5.75 Å². The van der Waals surface area contributed by atoms with Gasteiger partial charge in [-0.15, -0.1) is 0 Å². The number of rotatable bonds is 7. The molecule has 25 heavy (non-hydrogen) atoms. The molecule has 1 aromatic carbocycles. The van der Waals surface area contributed by atoms with Crippen LogP contribution in [-0.4, -0.2) is 37.5 Å². The number of hydrogen-bond donors (Lipinski definition) is 2. The van der Waals surface area contributed by atoms with Gasteiger partial charge in [-0.25, -0.2) is 0 Å². The maximum absolute atomic E-state index is 12.1. The summed E-state index contributed by atoms with van der Waals surface area (Å²) in [7, 11) is 1.48. The molecule has 132 valence electrons. The van der Waals surface area contributed by atoms with Crippen LogP contribution in [0.2, 0.25) is 0 Å². The fourth-order valence-electron chi connectivity index (χ4n) is 1.92. The molecule has 0 fully saturated rings. The average molecular weight is 346 g/mol. The second kappa shape index (κ2) is 8.53. The van der Waals surface area contributed by atoms with Gasteiger partial charge in [0.1, 0.15) is 12.3 Å². The number of para-hydroxylation sites is 2. The standard InChI is InChI=1S/C17H18N2O6/c1-11(16(21)19-12-6-3-4-7-13(12)23-2)25-15(20)10-18-17(22)14-8-5-9-24-14/h3-9,11H,10H2,1-2H3,(H,18,22)(H,19,21)/t11-/m0/s1. The van der Waals surface area contributed by atoms with E-state index in [0.29, 0.717) is 11.4 Å². The molecule has 0 saturated heterocycles. The molecular weight excluding hydrogens is 328 g/mol. The van der Waals surface area contributed by atoms with Gasteiger partial charge in [0.2, 0.25) is 0 Å². The van der Waals surface area contributed by atoms with E-state index in [0.717, 1.165) is 0 Å². The van der Waals surface area contributed by atoms with E-state index in [-0.39, 0.29) is 12.3 Å². The van der Waals surface area contributed by atoms with Crippen molar-refractivity contribution in [2.75, 3.05) is 19.0 Å². The summed E-state index contributed by atoms with van der Waals surface area (Å²) >= 11 is 0. The minimum absolute atomic E-state index is 0.0785. The minimum Gasteiger partial charge on any atom is -0.495 e. The topological polar surface area (TPSA) is 107 Å². The Balaban J connectivity index is 1.82. The van der Waals surface area contributed by atoms with E-state index >= 15 is 0 Å². The van der Waals surface area contributed by atoms with Gasteiger partial charge in [-0.1, -0.05) is 12.1 Å². The Hall–Kier alpha value is -3.29. The molecular formula is C17H18N2O6. The second-order valence-corrected chi connectivity index (χ2v) is 4.98. The van der Waals surface area contributed by atoms with Crippen LogP contribution < -0.4 is 15.4 Å². The van der Waals surface area contributed by atoms with Crippen LogP contribution in [0.5, 0.6) is 5.75 Å². The number of ether oxygens (including phenoxy) is 2. The van der Waals surface area contributed by atoms with Crippen molar-refractivity contribution < 1.29 is 28.3 Å². The van der Waals surface area contributed by atoms with Gasteiger partial charge in [0, 0.05) is 0 Å². The summed E-state index contributed by atoms with van der Waals surface area (Å²) in [6.07, 6.45) is 0.301. The maximum Gasteiger partial charge on any atom is 0.326 e. The molecule has 2 amide bonds. The third-order valence-electron chi connectivity index (χ3n) is 3.18. The van der Waals surface area contributed by atoms with Crippen LogP contribution in [-0.2, 0) is 14.3 Å². The number of hydrogen-bond acceptors (Lipinski definition) is 6. The molecule has 1 aromatic heterocycles. The number of nitrogens with one attached hydrogen (secondary N) is 2. The maximum atomic E-state index is 12.1. The van der Waals surface area contributed by atoms with Gasteiger partial charge >= 0.3 is 5.97 Å². The highest BCUT2D eigenvalue weighted by atomic mass is 16.5. The summed E-state index contributed by atoms with van der Waals surface area (Å²) in [5.74, 6) is -1.25. The van der Waals surface area contributed by atoms with Crippen LogP contribution in [0.25, 0.3) is 0 Å². The predicted molar refractivity (Wildman–Crippen MR) is 88.2 cm³/mol. The molecule has 0 unspecified atom stereocenters. The Morgan fingerprint density at radius 1 is 1.16 bits per heavy atom. The van der Waals surface area contributed by atoms with Gasteiger partial charge in [-0.05, 0) is 31.2 Å². The zero-order valence-electron chi connectivity index (χ0n) is 13.8. The number of amides is 2. The van der Waals surface area contributed by atoms with Crippen LogP contribution in [0.4, 0.5) is 5.69 Å². The Bertz CT molecular complexity index is 741. The van der Waals surface area contributed by atoms with Crippen molar-refractivity contribution in [3.05, 3.63) is 48.4 Å². The van der Waals surface area contributed by atoms with Gasteiger partial charge in [0.15, 0.2) is 11.9 Å². The van der Waals surface area contributed by atoms with Gasteiger partial charge in [-0.2, -0.15) is 0 Å². The average Bonchev–Trinajstić information content (AvgIpc) is 3.14. The molecule has 2 rings (SSSR count). The van der Waals surface area contributed by atoms with E-state index in [1.807, 2.05) is 0 Å². The number of benzene rings is 1. The van der Waals surface area contributed by atoms with Crippen LogP contribution >= 0.6 is 0 Å². The molecule has 0 aliphatic rings. The van der Waals surface area contributed by atoms with Crippen LogP contribution in [0, 0.1) is 0 Å². The first-order valence-electron chi connectivity index (χ1n) is 7.46. The molecule has 2 aromatic rings. The third kappa shape index (κ3) is 5.10. The third-order valence-corrected chi connectivity index (χ3v) is 3.18. The van der Waals surface area contributed by atoms with E-state index in [2.05, 4.69) is 10.6 Å². The molecule has 2 N–H and O–H groups in total. The fraction of sp³-hybridized carbons (Fsp3) is 0.235. The van der Waals surface area contributed by atoms with E-state index < -0.39 is 23.9 Å². The largest absolute Gasteiger partial charge is 0.495 e. The zero-order chi connectivity index (χ0) is 18.2. The van der Waals surface area contributed by atoms with Crippen molar-refractivity contribution in [1.29, 1.82) is 0 Å². The molecule has 1 atom stereocenters. The van der Waals surface area contributed by atoms with Crippen molar-refractivity contribution in [2.24, 2.45) is 0 Å². The lowest BCUT2D eigenvalue weighted by Crippen LogP contribution is -2.35. The fourth-order valence-corrected chi connectivity index (χ4v) is 1.92. The van der Waals surface area contributed by atoms with Gasteiger partial charge in [0.25, 0.3) is 11.8 Å². The highest BCUT2D eigenvalue weighted by Gasteiger charge is 2.20. The lowest BCUT2D eigenvalue weighted by molar-refractivity contribution is -0.152. The Morgan fingerprint density at radius 3 is 2.60 bits per heavy atom. The summed E-state index contributed by atoms with van der Waals surface area (Å²) in [5.41, 5.74) is 0.462. The zero-order valence-corrected chi connectivity index (χ0v) is 13.8. The number of methoxy groups -OCH3 is 1. The molecule has 8 nitrogen and oxygen atoms in total. The number of anilines is 1. The number of furan rings is 1. The smallest absolute Gasteiger partial charge is 0.326 e. The summed E-state index contributed by atoms with van der Waals surface area (Å²) < 4.78 is 15.0. The van der Waals surface area contributed by atoms with Crippen molar-refractivity contribution in [3.63, 3.8) is 0 Å². The van der Waals surface area contributed by atoms with Gasteiger partial charge in [0.05, 0.1) is 19.1 Å². The Kier molecular flexibility index (Phi) is 6.16. The first-order chi connectivity index (χ1) is 12.0. The lowest BCUT2D eigenvalue weighted by atomic mass is 10.2. The molecule has 0 radical (unpaired) electrons. The predicted octanol–water partition coefficient (Wildman–Crippen LogP) is 1.59. The summed E-state index contributed by atoms with van der Waals surface area (Å²) in [4.78, 5) is 35.5. The number of carbonyl (C=O) groups excluding carboxylic acids is 3. The van der Waals surface area contributed by atoms with E-state index in [1.165, 1.54) is 26.4 Å². The van der Waals surface area contributed by atoms with E-state index in [4.69, 9.17) is 13.9 Å². The van der Waals surface area contributed by atoms with E-state index in [9.17, 15) is 14.4 Å². The first kappa shape index (κ1) is 18.1. The molecule has 0 bridgehead atoms. The number of esters is 1. The second-order valence-electron chi connectivity index (χ2n) is 4.98. The highest BCUT2D eigenvalue weighted by molar-refractivity contribution is 5.97. The lowest BCUT2D eigenvalue weighted by Gasteiger charge is -2.15. The van der Waals surface area contributed by atoms with Crippen LogP contribution in [0.15, 0.2) is 47.1 Å². The molecule has 1 heterocycles. The molecule has 8 heteroatoms. The van der Waals surface area contributed by atoms with Gasteiger partial charge in [-0.3, -0.25) is 14.4 Å². The van der Waals surface area contributed by atoms with Gasteiger partial charge < -0.3 is 24.5 Å². The molecule has 0 spiro atoms. The Morgan fingerprint density at radius 2 is 1.92 bits per heavy atom.